The van der Waals surface area contributed by atoms with Gasteiger partial charge in [0, 0.05) is 24.5 Å². The Balaban J connectivity index is 1.50. The van der Waals surface area contributed by atoms with E-state index in [1.165, 1.54) is 44.9 Å². The van der Waals surface area contributed by atoms with Gasteiger partial charge in [-0.1, -0.05) is 32.1 Å². The van der Waals surface area contributed by atoms with Crippen molar-refractivity contribution in [1.82, 2.24) is 4.90 Å². The molecule has 3 fully saturated rings. The first-order valence-electron chi connectivity index (χ1n) is 8.31. The molecule has 0 spiro atoms. The van der Waals surface area contributed by atoms with Gasteiger partial charge >= 0.3 is 0 Å². The Morgan fingerprint density at radius 1 is 1.00 bits per heavy atom. The molecular weight excluding hydrogens is 236 g/mol. The molecule has 0 aromatic heterocycles. The van der Waals surface area contributed by atoms with Crippen LogP contribution in [0.5, 0.6) is 0 Å². The SMILES string of the molecule is NC1CC2CCC(C1)N2C(=O)CCC1CCCCC1. The van der Waals surface area contributed by atoms with Crippen molar-refractivity contribution in [2.75, 3.05) is 0 Å². The molecule has 3 nitrogen and oxygen atoms in total. The fraction of sp³-hybridized carbons (Fsp3) is 0.938. The van der Waals surface area contributed by atoms with E-state index in [1.54, 1.807) is 0 Å². The Morgan fingerprint density at radius 2 is 1.63 bits per heavy atom. The number of rotatable bonds is 3. The molecule has 0 radical (unpaired) electrons. The third-order valence-electron chi connectivity index (χ3n) is 5.55. The summed E-state index contributed by atoms with van der Waals surface area (Å²) in [5, 5.41) is 0. The van der Waals surface area contributed by atoms with E-state index < -0.39 is 0 Å². The van der Waals surface area contributed by atoms with Crippen LogP contribution in [0.25, 0.3) is 0 Å². The van der Waals surface area contributed by atoms with E-state index in [1.807, 2.05) is 0 Å². The third kappa shape index (κ3) is 2.96. The fourth-order valence-electron chi connectivity index (χ4n) is 4.56. The lowest BCUT2D eigenvalue weighted by molar-refractivity contribution is -0.136. The maximum absolute atomic E-state index is 12.5. The molecular formula is C16H28N2O. The second-order valence-electron chi connectivity index (χ2n) is 6.96. The van der Waals surface area contributed by atoms with E-state index in [2.05, 4.69) is 4.90 Å². The van der Waals surface area contributed by atoms with Crippen LogP contribution in [0.1, 0.15) is 70.6 Å². The van der Waals surface area contributed by atoms with Gasteiger partial charge in [-0.05, 0) is 38.0 Å². The van der Waals surface area contributed by atoms with Gasteiger partial charge in [0.15, 0.2) is 0 Å². The predicted molar refractivity (Wildman–Crippen MR) is 76.7 cm³/mol. The minimum absolute atomic E-state index is 0.333. The summed E-state index contributed by atoms with van der Waals surface area (Å²) < 4.78 is 0. The summed E-state index contributed by atoms with van der Waals surface area (Å²) >= 11 is 0. The molecule has 0 aromatic rings. The van der Waals surface area contributed by atoms with Crippen molar-refractivity contribution in [3.8, 4) is 0 Å². The van der Waals surface area contributed by atoms with Gasteiger partial charge in [-0.25, -0.2) is 0 Å². The number of hydrogen-bond donors (Lipinski definition) is 1. The van der Waals surface area contributed by atoms with Gasteiger partial charge in [0.05, 0.1) is 0 Å². The number of nitrogens with zero attached hydrogens (tertiary/aromatic N) is 1. The van der Waals surface area contributed by atoms with Crippen LogP contribution < -0.4 is 5.73 Å². The number of piperidine rings is 1. The quantitative estimate of drug-likeness (QED) is 0.852. The number of carbonyl (C=O) groups is 1. The van der Waals surface area contributed by atoms with Crippen molar-refractivity contribution in [3.63, 3.8) is 0 Å². The van der Waals surface area contributed by atoms with Gasteiger partial charge in [0.1, 0.15) is 0 Å². The first-order chi connectivity index (χ1) is 9.24. The summed E-state index contributed by atoms with van der Waals surface area (Å²) in [5.74, 6) is 1.24. The Kier molecular flexibility index (Phi) is 4.11. The van der Waals surface area contributed by atoms with Crippen molar-refractivity contribution >= 4 is 5.91 Å². The van der Waals surface area contributed by atoms with E-state index >= 15 is 0 Å². The molecule has 108 valence electrons. The molecule has 2 bridgehead atoms. The molecule has 3 heteroatoms. The number of hydrogen-bond acceptors (Lipinski definition) is 2. The standard InChI is InChI=1S/C16H28N2O/c17-13-10-14-7-8-15(11-13)18(14)16(19)9-6-12-4-2-1-3-5-12/h12-15H,1-11,17H2. The molecule has 2 unspecified atom stereocenters. The average molecular weight is 264 g/mol. The van der Waals surface area contributed by atoms with Gasteiger partial charge < -0.3 is 10.6 Å². The maximum Gasteiger partial charge on any atom is 0.223 e. The summed E-state index contributed by atoms with van der Waals surface area (Å²) in [6.45, 7) is 0. The highest BCUT2D eigenvalue weighted by atomic mass is 16.2. The van der Waals surface area contributed by atoms with Gasteiger partial charge in [0.2, 0.25) is 5.91 Å². The van der Waals surface area contributed by atoms with E-state index in [-0.39, 0.29) is 0 Å². The van der Waals surface area contributed by atoms with Gasteiger partial charge in [-0.2, -0.15) is 0 Å². The van der Waals surface area contributed by atoms with Crippen LogP contribution >= 0.6 is 0 Å². The fourth-order valence-corrected chi connectivity index (χ4v) is 4.56. The number of nitrogens with two attached hydrogens (primary N) is 1. The molecule has 19 heavy (non-hydrogen) atoms. The van der Waals surface area contributed by atoms with E-state index in [4.69, 9.17) is 5.73 Å². The minimum Gasteiger partial charge on any atom is -0.337 e. The Hall–Kier alpha value is -0.570. The van der Waals surface area contributed by atoms with Crippen LogP contribution in [0.4, 0.5) is 0 Å². The molecule has 0 aromatic carbocycles. The molecule has 3 rings (SSSR count). The topological polar surface area (TPSA) is 46.3 Å². The summed E-state index contributed by atoms with van der Waals surface area (Å²) in [6, 6.07) is 1.26. The normalized spacial score (nSPS) is 35.6. The zero-order chi connectivity index (χ0) is 13.2. The van der Waals surface area contributed by atoms with E-state index in [9.17, 15) is 4.79 Å². The molecule has 2 aliphatic heterocycles. The summed E-state index contributed by atoms with van der Waals surface area (Å²) in [4.78, 5) is 14.7. The molecule has 2 atom stereocenters. The summed E-state index contributed by atoms with van der Waals surface area (Å²) in [5.41, 5.74) is 6.07. The molecule has 2 N–H and O–H groups in total. The van der Waals surface area contributed by atoms with Gasteiger partial charge in [0.25, 0.3) is 0 Å². The lowest BCUT2D eigenvalue weighted by Crippen LogP contribution is -2.50. The molecule has 2 saturated heterocycles. The monoisotopic (exact) mass is 264 g/mol. The highest BCUT2D eigenvalue weighted by Crippen LogP contribution is 2.36. The van der Waals surface area contributed by atoms with Crippen LogP contribution in [0.3, 0.4) is 0 Å². The molecule has 1 amide bonds. The third-order valence-corrected chi connectivity index (χ3v) is 5.55. The minimum atomic E-state index is 0.333. The Morgan fingerprint density at radius 3 is 2.26 bits per heavy atom. The zero-order valence-corrected chi connectivity index (χ0v) is 12.0. The lowest BCUT2D eigenvalue weighted by Gasteiger charge is -2.38. The second-order valence-corrected chi connectivity index (χ2v) is 6.96. The van der Waals surface area contributed by atoms with Crippen LogP contribution in [-0.4, -0.2) is 28.9 Å². The number of carbonyl (C=O) groups excluding carboxylic acids is 1. The van der Waals surface area contributed by atoms with Crippen LogP contribution in [0, 0.1) is 5.92 Å². The summed E-state index contributed by atoms with van der Waals surface area (Å²) in [6.07, 6.45) is 13.2. The van der Waals surface area contributed by atoms with Crippen LogP contribution in [0.15, 0.2) is 0 Å². The van der Waals surface area contributed by atoms with Crippen molar-refractivity contribution < 1.29 is 4.79 Å². The Labute approximate surface area is 116 Å². The van der Waals surface area contributed by atoms with Crippen LogP contribution in [0.2, 0.25) is 0 Å². The largest absolute Gasteiger partial charge is 0.337 e. The number of fused-ring (bicyclic) bond motifs is 2. The highest BCUT2D eigenvalue weighted by Gasteiger charge is 2.41. The van der Waals surface area contributed by atoms with Crippen molar-refractivity contribution in [2.24, 2.45) is 11.7 Å². The lowest BCUT2D eigenvalue weighted by atomic mass is 9.86. The van der Waals surface area contributed by atoms with Crippen molar-refractivity contribution in [2.45, 2.75) is 88.8 Å². The summed E-state index contributed by atoms with van der Waals surface area (Å²) in [7, 11) is 0. The smallest absolute Gasteiger partial charge is 0.223 e. The molecule has 2 heterocycles. The van der Waals surface area contributed by atoms with Gasteiger partial charge in [-0.15, -0.1) is 0 Å². The Bertz CT molecular complexity index is 311. The van der Waals surface area contributed by atoms with Crippen LogP contribution in [-0.2, 0) is 4.79 Å². The maximum atomic E-state index is 12.5. The first kappa shape index (κ1) is 13.4. The average Bonchev–Trinajstić information content (AvgIpc) is 2.70. The second kappa shape index (κ2) is 5.82. The van der Waals surface area contributed by atoms with E-state index in [0.29, 0.717) is 24.0 Å². The first-order valence-corrected chi connectivity index (χ1v) is 8.31. The predicted octanol–water partition coefficient (Wildman–Crippen LogP) is 2.83. The highest BCUT2D eigenvalue weighted by molar-refractivity contribution is 5.77. The van der Waals surface area contributed by atoms with Gasteiger partial charge in [-0.3, -0.25) is 4.79 Å². The van der Waals surface area contributed by atoms with E-state index in [0.717, 1.165) is 31.6 Å². The zero-order valence-electron chi connectivity index (χ0n) is 12.0. The van der Waals surface area contributed by atoms with Crippen molar-refractivity contribution in [3.05, 3.63) is 0 Å². The molecule has 1 saturated carbocycles. The van der Waals surface area contributed by atoms with Crippen molar-refractivity contribution in [1.29, 1.82) is 0 Å². The number of amides is 1. The molecule has 3 aliphatic rings. The molecule has 1 aliphatic carbocycles.